The quantitative estimate of drug-likeness (QED) is 0.854. The van der Waals surface area contributed by atoms with Crippen molar-refractivity contribution in [1.29, 1.82) is 0 Å². The maximum absolute atomic E-state index is 12.4. The summed E-state index contributed by atoms with van der Waals surface area (Å²) in [6.45, 7) is 2.96. The van der Waals surface area contributed by atoms with E-state index in [4.69, 9.17) is 21.1 Å². The number of halogens is 1. The van der Waals surface area contributed by atoms with Crippen LogP contribution in [0.3, 0.4) is 0 Å². The van der Waals surface area contributed by atoms with E-state index in [1.54, 1.807) is 0 Å². The molecule has 2 aliphatic rings. The Labute approximate surface area is 136 Å². The smallest absolute Gasteiger partial charge is 0.251 e. The van der Waals surface area contributed by atoms with Gasteiger partial charge in [0.2, 0.25) is 0 Å². The number of ether oxygens (including phenoxy) is 2. The highest BCUT2D eigenvalue weighted by atomic mass is 35.5. The summed E-state index contributed by atoms with van der Waals surface area (Å²) in [6.07, 6.45) is 3.78. The largest absolute Gasteiger partial charge is 0.493 e. The lowest BCUT2D eigenvalue weighted by molar-refractivity contribution is -0.143. The van der Waals surface area contributed by atoms with Crippen LogP contribution >= 0.6 is 11.6 Å². The molecule has 1 amide bonds. The minimum absolute atomic E-state index is 0.161. The number of hydrogen-bond acceptors (Lipinski definition) is 3. The van der Waals surface area contributed by atoms with E-state index in [2.05, 4.69) is 0 Å². The summed E-state index contributed by atoms with van der Waals surface area (Å²) in [4.78, 5) is 14.4. The monoisotopic (exact) mass is 323 g/mol. The standard InChI is InChI=1S/C17H22ClNO3/c18-14-5-7-15(8-6-14)22-12-13-3-1-9-19(11-13)17(20)16-4-2-10-21-16/h5-8,13,16H,1-4,9-12H2. The second-order valence-corrected chi connectivity index (χ2v) is 6.50. The molecule has 0 spiro atoms. The van der Waals surface area contributed by atoms with Gasteiger partial charge in [-0.2, -0.15) is 0 Å². The first kappa shape index (κ1) is 15.6. The van der Waals surface area contributed by atoms with Crippen LogP contribution in [0.4, 0.5) is 0 Å². The van der Waals surface area contributed by atoms with E-state index >= 15 is 0 Å². The molecule has 3 rings (SSSR count). The van der Waals surface area contributed by atoms with Crippen molar-refractivity contribution in [2.45, 2.75) is 31.8 Å². The van der Waals surface area contributed by atoms with Crippen molar-refractivity contribution in [2.24, 2.45) is 5.92 Å². The van der Waals surface area contributed by atoms with E-state index < -0.39 is 0 Å². The van der Waals surface area contributed by atoms with Crippen molar-refractivity contribution in [1.82, 2.24) is 4.90 Å². The molecule has 0 radical (unpaired) electrons. The zero-order chi connectivity index (χ0) is 15.4. The van der Waals surface area contributed by atoms with Crippen LogP contribution in [0.2, 0.25) is 5.02 Å². The van der Waals surface area contributed by atoms with Gasteiger partial charge >= 0.3 is 0 Å². The molecule has 1 aromatic rings. The van der Waals surface area contributed by atoms with Gasteiger partial charge in [-0.05, 0) is 49.9 Å². The summed E-state index contributed by atoms with van der Waals surface area (Å²) >= 11 is 5.87. The third-order valence-corrected chi connectivity index (χ3v) is 4.59. The van der Waals surface area contributed by atoms with Crippen LogP contribution in [0.25, 0.3) is 0 Å². The molecule has 2 unspecified atom stereocenters. The molecule has 0 aromatic heterocycles. The van der Waals surface area contributed by atoms with Gasteiger partial charge in [-0.15, -0.1) is 0 Å². The highest BCUT2D eigenvalue weighted by molar-refractivity contribution is 6.30. The number of rotatable bonds is 4. The molecular weight excluding hydrogens is 302 g/mol. The molecule has 22 heavy (non-hydrogen) atoms. The summed E-state index contributed by atoms with van der Waals surface area (Å²) in [5.74, 6) is 1.37. The van der Waals surface area contributed by atoms with Crippen LogP contribution < -0.4 is 4.74 Å². The maximum Gasteiger partial charge on any atom is 0.251 e. The minimum atomic E-state index is -0.212. The van der Waals surface area contributed by atoms with Crippen LogP contribution in [-0.2, 0) is 9.53 Å². The predicted octanol–water partition coefficient (Wildman–Crippen LogP) is 3.14. The first-order valence-electron chi connectivity index (χ1n) is 8.01. The van der Waals surface area contributed by atoms with Crippen LogP contribution in [-0.4, -0.2) is 43.2 Å². The summed E-state index contributed by atoms with van der Waals surface area (Å²) < 4.78 is 11.3. The highest BCUT2D eigenvalue weighted by Gasteiger charge is 2.31. The lowest BCUT2D eigenvalue weighted by atomic mass is 9.98. The number of amides is 1. The van der Waals surface area contributed by atoms with Gasteiger partial charge in [0.05, 0.1) is 6.61 Å². The second-order valence-electron chi connectivity index (χ2n) is 6.06. The van der Waals surface area contributed by atoms with Crippen molar-refractivity contribution < 1.29 is 14.3 Å². The van der Waals surface area contributed by atoms with Gasteiger partial charge in [-0.3, -0.25) is 4.79 Å². The van der Waals surface area contributed by atoms with Crippen LogP contribution in [0.15, 0.2) is 24.3 Å². The zero-order valence-corrected chi connectivity index (χ0v) is 13.4. The molecule has 4 nitrogen and oxygen atoms in total. The average molecular weight is 324 g/mol. The Morgan fingerprint density at radius 3 is 2.82 bits per heavy atom. The number of benzene rings is 1. The number of nitrogens with zero attached hydrogens (tertiary/aromatic N) is 1. The Morgan fingerprint density at radius 1 is 1.27 bits per heavy atom. The van der Waals surface area contributed by atoms with Gasteiger partial charge in [0.15, 0.2) is 0 Å². The fourth-order valence-corrected chi connectivity index (χ4v) is 3.25. The normalized spacial score (nSPS) is 25.2. The molecule has 120 valence electrons. The summed E-state index contributed by atoms with van der Waals surface area (Å²) in [6, 6.07) is 7.40. The molecule has 0 N–H and O–H groups in total. The second kappa shape index (κ2) is 7.34. The van der Waals surface area contributed by atoms with Crippen LogP contribution in [0, 0.1) is 5.92 Å². The first-order chi connectivity index (χ1) is 10.7. The van der Waals surface area contributed by atoms with Gasteiger partial charge < -0.3 is 14.4 Å². The van der Waals surface area contributed by atoms with E-state index in [1.807, 2.05) is 29.2 Å². The third kappa shape index (κ3) is 3.93. The topological polar surface area (TPSA) is 38.8 Å². The Hall–Kier alpha value is -1.26. The molecule has 5 heteroatoms. The van der Waals surface area contributed by atoms with E-state index in [9.17, 15) is 4.79 Å². The Morgan fingerprint density at radius 2 is 2.09 bits per heavy atom. The van der Waals surface area contributed by atoms with E-state index in [-0.39, 0.29) is 12.0 Å². The number of likely N-dealkylation sites (tertiary alicyclic amines) is 1. The summed E-state index contributed by atoms with van der Waals surface area (Å²) in [5, 5.41) is 0.707. The fourth-order valence-electron chi connectivity index (χ4n) is 3.12. The Kier molecular flexibility index (Phi) is 5.21. The molecule has 2 saturated heterocycles. The van der Waals surface area contributed by atoms with Crippen LogP contribution in [0.1, 0.15) is 25.7 Å². The van der Waals surface area contributed by atoms with Gasteiger partial charge in [0.1, 0.15) is 11.9 Å². The van der Waals surface area contributed by atoms with Crippen molar-refractivity contribution >= 4 is 17.5 Å². The number of carbonyl (C=O) groups excluding carboxylic acids is 1. The van der Waals surface area contributed by atoms with E-state index in [0.717, 1.165) is 44.5 Å². The average Bonchev–Trinajstić information content (AvgIpc) is 3.08. The number of hydrogen-bond donors (Lipinski definition) is 0. The number of piperidine rings is 1. The number of carbonyl (C=O) groups is 1. The van der Waals surface area contributed by atoms with Crippen molar-refractivity contribution in [3.63, 3.8) is 0 Å². The molecule has 2 aliphatic heterocycles. The first-order valence-corrected chi connectivity index (χ1v) is 8.39. The summed E-state index contributed by atoms with van der Waals surface area (Å²) in [5.41, 5.74) is 0. The van der Waals surface area contributed by atoms with E-state index in [1.165, 1.54) is 0 Å². The lowest BCUT2D eigenvalue weighted by Gasteiger charge is -2.34. The molecule has 0 aliphatic carbocycles. The molecule has 1 aromatic carbocycles. The molecule has 2 atom stereocenters. The lowest BCUT2D eigenvalue weighted by Crippen LogP contribution is -2.45. The SMILES string of the molecule is O=C(C1CCCO1)N1CCCC(COc2ccc(Cl)cc2)C1. The van der Waals surface area contributed by atoms with Gasteiger partial charge in [0.25, 0.3) is 5.91 Å². The Balaban J connectivity index is 1.49. The maximum atomic E-state index is 12.4. The molecule has 0 saturated carbocycles. The van der Waals surface area contributed by atoms with Crippen LogP contribution in [0.5, 0.6) is 5.75 Å². The van der Waals surface area contributed by atoms with Gasteiger partial charge in [-0.1, -0.05) is 11.6 Å². The molecular formula is C17H22ClNO3. The molecule has 2 heterocycles. The predicted molar refractivity (Wildman–Crippen MR) is 85.2 cm³/mol. The van der Waals surface area contributed by atoms with E-state index in [0.29, 0.717) is 24.2 Å². The Bertz CT molecular complexity index is 499. The minimum Gasteiger partial charge on any atom is -0.493 e. The fraction of sp³-hybridized carbons (Fsp3) is 0.588. The van der Waals surface area contributed by atoms with Gasteiger partial charge in [-0.25, -0.2) is 0 Å². The van der Waals surface area contributed by atoms with Gasteiger partial charge in [0, 0.05) is 30.6 Å². The molecule has 0 bridgehead atoms. The third-order valence-electron chi connectivity index (χ3n) is 4.34. The van der Waals surface area contributed by atoms with Crippen molar-refractivity contribution in [2.75, 3.05) is 26.3 Å². The zero-order valence-electron chi connectivity index (χ0n) is 12.7. The highest BCUT2D eigenvalue weighted by Crippen LogP contribution is 2.22. The van der Waals surface area contributed by atoms with Crippen molar-refractivity contribution in [3.05, 3.63) is 29.3 Å². The molecule has 2 fully saturated rings. The van der Waals surface area contributed by atoms with Crippen molar-refractivity contribution in [3.8, 4) is 5.75 Å². The summed E-state index contributed by atoms with van der Waals surface area (Å²) in [7, 11) is 0.